The van der Waals surface area contributed by atoms with E-state index in [1.165, 1.54) is 7.11 Å². The molecule has 0 saturated carbocycles. The van der Waals surface area contributed by atoms with Gasteiger partial charge in [0.05, 0.1) is 35.5 Å². The van der Waals surface area contributed by atoms with Crippen molar-refractivity contribution < 1.29 is 14.7 Å². The molecule has 0 aliphatic carbocycles. The lowest BCUT2D eigenvalue weighted by Gasteiger charge is -2.33. The molecule has 1 heterocycles. The lowest BCUT2D eigenvalue weighted by molar-refractivity contribution is 0.000459. The van der Waals surface area contributed by atoms with E-state index in [0.29, 0.717) is 24.1 Å². The molecule has 0 bridgehead atoms. The zero-order valence-electron chi connectivity index (χ0n) is 17.1. The fourth-order valence-corrected chi connectivity index (χ4v) is 3.77. The predicted octanol–water partition coefficient (Wildman–Crippen LogP) is 3.52. The van der Waals surface area contributed by atoms with Crippen LogP contribution in [0.4, 0.5) is 0 Å². The number of amides is 1. The van der Waals surface area contributed by atoms with Crippen molar-refractivity contribution in [1.29, 1.82) is 5.26 Å². The molecule has 1 atom stereocenters. The molecule has 1 fully saturated rings. The van der Waals surface area contributed by atoms with Crippen LogP contribution in [0.3, 0.4) is 0 Å². The summed E-state index contributed by atoms with van der Waals surface area (Å²) in [6.45, 7) is 5.64. The highest BCUT2D eigenvalue weighted by atomic mass is 16.6. The normalized spacial score (nSPS) is 18.0. The second kappa shape index (κ2) is 8.06. The largest absolute Gasteiger partial charge is 0.399 e. The topological polar surface area (TPSA) is 85.9 Å². The number of hydrogen-bond acceptors (Lipinski definition) is 5. The molecule has 1 amide bonds. The summed E-state index contributed by atoms with van der Waals surface area (Å²) in [5, 5.41) is 23.7. The van der Waals surface area contributed by atoms with Crippen LogP contribution in [0.1, 0.15) is 41.8 Å². The van der Waals surface area contributed by atoms with E-state index in [2.05, 4.69) is 11.2 Å². The Hall–Kier alpha value is -3.17. The Labute approximate surface area is 171 Å². The smallest absolute Gasteiger partial charge is 0.254 e. The van der Waals surface area contributed by atoms with E-state index < -0.39 is 5.60 Å². The van der Waals surface area contributed by atoms with Crippen LogP contribution >= 0.6 is 0 Å². The molecule has 6 heteroatoms. The van der Waals surface area contributed by atoms with Crippen molar-refractivity contribution in [3.8, 4) is 17.2 Å². The number of nitriles is 1. The third-order valence-electron chi connectivity index (χ3n) is 5.35. The van der Waals surface area contributed by atoms with Crippen LogP contribution < -0.4 is 0 Å². The number of carbonyl (C=O) groups excluding carboxylic acids is 1. The molecule has 150 valence electrons. The maximum absolute atomic E-state index is 13.1. The fourth-order valence-electron chi connectivity index (χ4n) is 3.77. The van der Waals surface area contributed by atoms with Gasteiger partial charge in [0.15, 0.2) is 0 Å². The number of carbonyl (C=O) groups is 1. The second-order valence-corrected chi connectivity index (χ2v) is 7.81. The molecule has 2 aromatic carbocycles. The minimum atomic E-state index is -1.06. The van der Waals surface area contributed by atoms with Gasteiger partial charge in [-0.3, -0.25) is 4.79 Å². The lowest BCUT2D eigenvalue weighted by atomic mass is 9.95. The highest BCUT2D eigenvalue weighted by Gasteiger charge is 2.42. The SMILES string of the molecule is CO/N=C1\C[C@@H](C(C)(C)O)N(C(=O)c2ccc(-c3cccc(C#N)c3C)cc2)C1. The van der Waals surface area contributed by atoms with E-state index in [1.54, 1.807) is 36.9 Å². The molecular weight excluding hydrogens is 366 g/mol. The van der Waals surface area contributed by atoms with Gasteiger partial charge in [0.1, 0.15) is 7.11 Å². The van der Waals surface area contributed by atoms with Crippen molar-refractivity contribution in [3.05, 3.63) is 59.2 Å². The first-order valence-corrected chi connectivity index (χ1v) is 9.48. The summed E-state index contributed by atoms with van der Waals surface area (Å²) in [5.74, 6) is -0.160. The van der Waals surface area contributed by atoms with E-state index in [9.17, 15) is 15.2 Å². The van der Waals surface area contributed by atoms with Crippen LogP contribution in [0, 0.1) is 18.3 Å². The average molecular weight is 391 g/mol. The molecule has 3 rings (SSSR count). The van der Waals surface area contributed by atoms with E-state index in [1.807, 2.05) is 31.2 Å². The summed E-state index contributed by atoms with van der Waals surface area (Å²) < 4.78 is 0. The fraction of sp³-hybridized carbons (Fsp3) is 0.348. The molecule has 0 aromatic heterocycles. The second-order valence-electron chi connectivity index (χ2n) is 7.81. The van der Waals surface area contributed by atoms with Gasteiger partial charge in [-0.15, -0.1) is 0 Å². The van der Waals surface area contributed by atoms with E-state index >= 15 is 0 Å². The van der Waals surface area contributed by atoms with Crippen molar-refractivity contribution >= 4 is 11.6 Å². The average Bonchev–Trinajstić information content (AvgIpc) is 3.13. The van der Waals surface area contributed by atoms with Gasteiger partial charge < -0.3 is 14.8 Å². The van der Waals surface area contributed by atoms with Gasteiger partial charge in [0.25, 0.3) is 5.91 Å². The van der Waals surface area contributed by atoms with Crippen molar-refractivity contribution in [2.75, 3.05) is 13.7 Å². The first-order chi connectivity index (χ1) is 13.8. The Kier molecular flexibility index (Phi) is 5.71. The monoisotopic (exact) mass is 391 g/mol. The third-order valence-corrected chi connectivity index (χ3v) is 5.35. The number of aliphatic hydroxyl groups is 1. The number of rotatable bonds is 4. The summed E-state index contributed by atoms with van der Waals surface area (Å²) in [5.41, 5.74) is 3.67. The third kappa shape index (κ3) is 4.15. The van der Waals surface area contributed by atoms with Crippen LogP contribution in [-0.2, 0) is 4.84 Å². The molecule has 29 heavy (non-hydrogen) atoms. The summed E-state index contributed by atoms with van der Waals surface area (Å²) in [4.78, 5) is 19.7. The van der Waals surface area contributed by atoms with Gasteiger partial charge in [0.2, 0.25) is 0 Å². The van der Waals surface area contributed by atoms with Crippen molar-refractivity contribution in [2.24, 2.45) is 5.16 Å². The number of oxime groups is 1. The van der Waals surface area contributed by atoms with Crippen LogP contribution in [0.15, 0.2) is 47.6 Å². The van der Waals surface area contributed by atoms with E-state index in [-0.39, 0.29) is 11.9 Å². The van der Waals surface area contributed by atoms with Gasteiger partial charge in [-0.2, -0.15) is 5.26 Å². The van der Waals surface area contributed by atoms with Crippen LogP contribution in [-0.4, -0.2) is 46.9 Å². The highest BCUT2D eigenvalue weighted by Crippen LogP contribution is 2.29. The highest BCUT2D eigenvalue weighted by molar-refractivity contribution is 6.01. The van der Waals surface area contributed by atoms with Crippen molar-refractivity contribution in [3.63, 3.8) is 0 Å². The Balaban J connectivity index is 1.89. The first kappa shape index (κ1) is 20.6. The van der Waals surface area contributed by atoms with Gasteiger partial charge in [-0.05, 0) is 55.7 Å². The van der Waals surface area contributed by atoms with Crippen molar-refractivity contribution in [2.45, 2.75) is 38.8 Å². The Bertz CT molecular complexity index is 982. The summed E-state index contributed by atoms with van der Waals surface area (Å²) in [7, 11) is 1.47. The van der Waals surface area contributed by atoms with Crippen molar-refractivity contribution in [1.82, 2.24) is 4.90 Å². The maximum Gasteiger partial charge on any atom is 0.254 e. The van der Waals surface area contributed by atoms with Crippen LogP contribution in [0.5, 0.6) is 0 Å². The molecule has 2 aromatic rings. The van der Waals surface area contributed by atoms with E-state index in [4.69, 9.17) is 4.84 Å². The number of hydrogen-bond donors (Lipinski definition) is 1. The molecule has 1 aliphatic rings. The number of nitrogens with zero attached hydrogens (tertiary/aromatic N) is 3. The molecule has 0 radical (unpaired) electrons. The number of benzene rings is 2. The number of likely N-dealkylation sites (tertiary alicyclic amines) is 1. The maximum atomic E-state index is 13.1. The predicted molar refractivity (Wildman–Crippen MR) is 112 cm³/mol. The van der Waals surface area contributed by atoms with Gasteiger partial charge in [0, 0.05) is 12.0 Å². The summed E-state index contributed by atoms with van der Waals surface area (Å²) in [6.07, 6.45) is 0.474. The molecular formula is C23H25N3O3. The van der Waals surface area contributed by atoms with Crippen LogP contribution in [0.25, 0.3) is 11.1 Å². The standard InChI is InChI=1S/C23H25N3O3/c1-15-18(13-24)6-5-7-20(15)16-8-10-17(11-9-16)22(27)26-14-19(25-29-4)12-21(26)23(2,3)28/h5-11,21,28H,12,14H2,1-4H3/b25-19+/t21-/m0/s1. The minimum absolute atomic E-state index is 0.160. The molecule has 0 unspecified atom stereocenters. The molecule has 1 aliphatic heterocycles. The summed E-state index contributed by atoms with van der Waals surface area (Å²) >= 11 is 0. The quantitative estimate of drug-likeness (QED) is 0.808. The first-order valence-electron chi connectivity index (χ1n) is 9.48. The van der Waals surface area contributed by atoms with Gasteiger partial charge in [-0.1, -0.05) is 29.4 Å². The lowest BCUT2D eigenvalue weighted by Crippen LogP contribution is -2.48. The molecule has 0 spiro atoms. The summed E-state index contributed by atoms with van der Waals surface area (Å²) in [6, 6.07) is 14.8. The molecule has 1 saturated heterocycles. The molecule has 6 nitrogen and oxygen atoms in total. The van der Waals surface area contributed by atoms with Gasteiger partial charge >= 0.3 is 0 Å². The van der Waals surface area contributed by atoms with E-state index in [0.717, 1.165) is 22.4 Å². The Morgan fingerprint density at radius 1 is 1.28 bits per heavy atom. The minimum Gasteiger partial charge on any atom is -0.399 e. The molecule has 1 N–H and O–H groups in total. The zero-order chi connectivity index (χ0) is 21.2. The van der Waals surface area contributed by atoms with Gasteiger partial charge in [-0.25, -0.2) is 0 Å². The Morgan fingerprint density at radius 2 is 1.97 bits per heavy atom. The Morgan fingerprint density at radius 3 is 2.55 bits per heavy atom. The van der Waals surface area contributed by atoms with Crippen LogP contribution in [0.2, 0.25) is 0 Å². The zero-order valence-corrected chi connectivity index (χ0v) is 17.1.